The molecule has 3 aromatic heterocycles. The number of rotatable bonds is 5. The predicted molar refractivity (Wildman–Crippen MR) is 136 cm³/mol. The van der Waals surface area contributed by atoms with Crippen LogP contribution in [0.2, 0.25) is 0 Å². The van der Waals surface area contributed by atoms with Gasteiger partial charge >= 0.3 is 0 Å². The van der Waals surface area contributed by atoms with E-state index in [4.69, 9.17) is 4.98 Å². The number of nitrogens with zero attached hydrogens (tertiary/aromatic N) is 4. The Hall–Kier alpha value is -3.72. The molecule has 1 saturated heterocycles. The molecule has 8 nitrogen and oxygen atoms in total. The first kappa shape index (κ1) is 21.8. The number of aromatic nitrogens is 4. The summed E-state index contributed by atoms with van der Waals surface area (Å²) < 4.78 is 2.17. The summed E-state index contributed by atoms with van der Waals surface area (Å²) in [5.41, 5.74) is 3.92. The number of para-hydroxylation sites is 2. The fourth-order valence-electron chi connectivity index (χ4n) is 5.59. The van der Waals surface area contributed by atoms with Gasteiger partial charge in [-0.2, -0.15) is 5.10 Å². The number of nitrogens with one attached hydrogen (secondary N) is 2. The number of aromatic amines is 1. The van der Waals surface area contributed by atoms with E-state index < -0.39 is 0 Å². The summed E-state index contributed by atoms with van der Waals surface area (Å²) >= 11 is 1.44. The lowest BCUT2D eigenvalue weighted by atomic mass is 9.65. The van der Waals surface area contributed by atoms with Gasteiger partial charge in [0, 0.05) is 35.8 Å². The van der Waals surface area contributed by atoms with Gasteiger partial charge in [0.1, 0.15) is 0 Å². The smallest absolute Gasteiger partial charge is 0.268 e. The summed E-state index contributed by atoms with van der Waals surface area (Å²) in [6, 6.07) is 12.0. The summed E-state index contributed by atoms with van der Waals surface area (Å²) in [5.74, 6) is 0.409. The Kier molecular flexibility index (Phi) is 5.10. The van der Waals surface area contributed by atoms with Gasteiger partial charge in [-0.1, -0.05) is 18.7 Å². The summed E-state index contributed by atoms with van der Waals surface area (Å²) in [6.07, 6.45) is 6.17. The highest BCUT2D eigenvalue weighted by Crippen LogP contribution is 2.55. The van der Waals surface area contributed by atoms with E-state index in [1.54, 1.807) is 0 Å². The van der Waals surface area contributed by atoms with Gasteiger partial charge < -0.3 is 9.47 Å². The van der Waals surface area contributed by atoms with Crippen molar-refractivity contribution in [1.29, 1.82) is 0 Å². The van der Waals surface area contributed by atoms with Crippen molar-refractivity contribution in [3.63, 3.8) is 0 Å². The molecule has 2 amide bonds. The number of hydrogen-bond acceptors (Lipinski definition) is 5. The molecule has 4 heterocycles. The number of imidazole rings is 1. The highest BCUT2D eigenvalue weighted by atomic mass is 32.1. The molecule has 1 aromatic carbocycles. The van der Waals surface area contributed by atoms with Crippen molar-refractivity contribution < 1.29 is 9.59 Å². The number of amides is 2. The second-order valence-corrected chi connectivity index (χ2v) is 10.7. The van der Waals surface area contributed by atoms with Crippen molar-refractivity contribution in [1.82, 2.24) is 24.6 Å². The van der Waals surface area contributed by atoms with Gasteiger partial charge in [0.05, 0.1) is 21.6 Å². The van der Waals surface area contributed by atoms with Gasteiger partial charge in [-0.3, -0.25) is 20.0 Å². The lowest BCUT2D eigenvalue weighted by Gasteiger charge is -2.46. The minimum absolute atomic E-state index is 0.00675. The third-order valence-electron chi connectivity index (χ3n) is 7.37. The minimum Gasteiger partial charge on any atom is -0.339 e. The molecule has 9 heteroatoms. The standard InChI is InChI=1S/C26H26N6O2S/c1-3-23(33)31-11-10-26(15-31)12-17(13-26)32-20-7-5-4-6-19(20)28-25(32)29-24(34)22-9-8-21(35-22)18-14-27-30-16(18)2/h3-9,14,17H,1,10-13,15H2,2H3,(H,27,30)(H,28,29,34)/t17-,26-. The van der Waals surface area contributed by atoms with E-state index in [-0.39, 0.29) is 23.3 Å². The Labute approximate surface area is 206 Å². The van der Waals surface area contributed by atoms with Crippen LogP contribution in [0, 0.1) is 12.3 Å². The van der Waals surface area contributed by atoms with E-state index in [2.05, 4.69) is 32.7 Å². The first-order valence-corrected chi connectivity index (χ1v) is 12.6. The largest absolute Gasteiger partial charge is 0.339 e. The molecule has 0 atom stereocenters. The molecule has 6 rings (SSSR count). The third kappa shape index (κ3) is 3.67. The topological polar surface area (TPSA) is 95.9 Å². The molecule has 1 saturated carbocycles. The average Bonchev–Trinajstić information content (AvgIpc) is 3.62. The molecule has 0 unspecified atom stereocenters. The number of H-pyrrole nitrogens is 1. The third-order valence-corrected chi connectivity index (χ3v) is 8.49. The second-order valence-electron chi connectivity index (χ2n) is 9.57. The van der Waals surface area contributed by atoms with Crippen molar-refractivity contribution in [2.75, 3.05) is 18.4 Å². The van der Waals surface area contributed by atoms with Gasteiger partial charge in [0.2, 0.25) is 11.9 Å². The summed E-state index contributed by atoms with van der Waals surface area (Å²) in [6.45, 7) is 7.12. The SMILES string of the molecule is C=CC(=O)N1CC[C@]2(C1)C[C@H](n1c(NC(=O)c3ccc(-c4c[nH]nc4C)s3)nc3ccccc31)C2. The fourth-order valence-corrected chi connectivity index (χ4v) is 6.56. The zero-order valence-electron chi connectivity index (χ0n) is 19.5. The first-order valence-electron chi connectivity index (χ1n) is 11.8. The Morgan fingerprint density at radius 1 is 1.26 bits per heavy atom. The zero-order chi connectivity index (χ0) is 24.2. The number of thiophene rings is 1. The molecule has 2 N–H and O–H groups in total. The van der Waals surface area contributed by atoms with Gasteiger partial charge in [-0.05, 0) is 61.9 Å². The fraction of sp³-hybridized carbons (Fsp3) is 0.308. The molecule has 0 bridgehead atoms. The molecule has 1 spiro atoms. The van der Waals surface area contributed by atoms with E-state index in [1.165, 1.54) is 17.4 Å². The molecular weight excluding hydrogens is 460 g/mol. The summed E-state index contributed by atoms with van der Waals surface area (Å²) in [5, 5.41) is 10.1. The number of carbonyl (C=O) groups excluding carboxylic acids is 2. The van der Waals surface area contributed by atoms with Crippen molar-refractivity contribution in [3.8, 4) is 10.4 Å². The summed E-state index contributed by atoms with van der Waals surface area (Å²) in [4.78, 5) is 33.6. The number of benzene rings is 1. The van der Waals surface area contributed by atoms with Gasteiger partial charge in [-0.25, -0.2) is 4.98 Å². The van der Waals surface area contributed by atoms with Crippen LogP contribution in [0.15, 0.2) is 55.3 Å². The van der Waals surface area contributed by atoms with Crippen LogP contribution in [0.5, 0.6) is 0 Å². The Balaban J connectivity index is 1.25. The summed E-state index contributed by atoms with van der Waals surface area (Å²) in [7, 11) is 0. The van der Waals surface area contributed by atoms with E-state index in [1.807, 2.05) is 48.4 Å². The van der Waals surface area contributed by atoms with Crippen molar-refractivity contribution >= 4 is 40.1 Å². The molecule has 1 aliphatic carbocycles. The van der Waals surface area contributed by atoms with Crippen molar-refractivity contribution in [3.05, 3.63) is 65.8 Å². The molecule has 0 radical (unpaired) electrons. The van der Waals surface area contributed by atoms with Crippen LogP contribution in [-0.4, -0.2) is 49.6 Å². The normalized spacial score (nSPS) is 21.4. The molecule has 2 aliphatic rings. The highest BCUT2D eigenvalue weighted by Gasteiger charge is 2.50. The molecule has 4 aromatic rings. The maximum Gasteiger partial charge on any atom is 0.268 e. The monoisotopic (exact) mass is 486 g/mol. The van der Waals surface area contributed by atoms with Crippen molar-refractivity contribution in [2.24, 2.45) is 5.41 Å². The van der Waals surface area contributed by atoms with Crippen molar-refractivity contribution in [2.45, 2.75) is 32.2 Å². The number of hydrogen-bond donors (Lipinski definition) is 2. The Bertz CT molecular complexity index is 1460. The molecule has 35 heavy (non-hydrogen) atoms. The Morgan fingerprint density at radius 3 is 2.86 bits per heavy atom. The number of carbonyl (C=O) groups is 2. The van der Waals surface area contributed by atoms with Crippen LogP contribution in [0.1, 0.15) is 40.7 Å². The van der Waals surface area contributed by atoms with Crippen LogP contribution in [0.4, 0.5) is 5.95 Å². The highest BCUT2D eigenvalue weighted by molar-refractivity contribution is 7.17. The van der Waals surface area contributed by atoms with E-state index in [0.717, 1.165) is 59.5 Å². The van der Waals surface area contributed by atoms with Crippen LogP contribution in [0.25, 0.3) is 21.5 Å². The number of anilines is 1. The maximum absolute atomic E-state index is 13.2. The first-order chi connectivity index (χ1) is 17.0. The molecular formula is C26H26N6O2S. The predicted octanol–water partition coefficient (Wildman–Crippen LogP) is 4.79. The molecule has 1 aliphatic heterocycles. The van der Waals surface area contributed by atoms with E-state index >= 15 is 0 Å². The second kappa shape index (κ2) is 8.20. The van der Waals surface area contributed by atoms with Gasteiger partial charge in [0.15, 0.2) is 0 Å². The van der Waals surface area contributed by atoms with Crippen LogP contribution >= 0.6 is 11.3 Å². The van der Waals surface area contributed by atoms with Crippen LogP contribution in [0.3, 0.4) is 0 Å². The zero-order valence-corrected chi connectivity index (χ0v) is 20.3. The van der Waals surface area contributed by atoms with Gasteiger partial charge in [0.25, 0.3) is 5.91 Å². The maximum atomic E-state index is 13.2. The molecule has 2 fully saturated rings. The van der Waals surface area contributed by atoms with Crippen LogP contribution < -0.4 is 5.32 Å². The minimum atomic E-state index is -0.170. The molecule has 178 valence electrons. The average molecular weight is 487 g/mol. The number of fused-ring (bicyclic) bond motifs is 1. The quantitative estimate of drug-likeness (QED) is 0.397. The lowest BCUT2D eigenvalue weighted by Crippen LogP contribution is -2.42. The number of likely N-dealkylation sites (tertiary alicyclic amines) is 1. The van der Waals surface area contributed by atoms with Gasteiger partial charge in [-0.15, -0.1) is 11.3 Å². The van der Waals surface area contributed by atoms with E-state index in [0.29, 0.717) is 10.8 Å². The van der Waals surface area contributed by atoms with E-state index in [9.17, 15) is 9.59 Å². The lowest BCUT2D eigenvalue weighted by molar-refractivity contribution is -0.125. The number of aryl methyl sites for hydroxylation is 1. The Morgan fingerprint density at radius 2 is 2.09 bits per heavy atom. The van der Waals surface area contributed by atoms with Crippen LogP contribution in [-0.2, 0) is 4.79 Å².